The first kappa shape index (κ1) is 14.9. The molecule has 2 atom stereocenters. The number of rotatable bonds is 5. The van der Waals surface area contributed by atoms with Gasteiger partial charge < -0.3 is 10.5 Å². The summed E-state index contributed by atoms with van der Waals surface area (Å²) in [4.78, 5) is 3.75. The lowest BCUT2D eigenvalue weighted by Crippen LogP contribution is -2.43. The molecule has 2 N–H and O–H groups in total. The van der Waals surface area contributed by atoms with Gasteiger partial charge in [0.05, 0.1) is 12.7 Å². The van der Waals surface area contributed by atoms with Crippen molar-refractivity contribution in [2.75, 3.05) is 32.0 Å². The fourth-order valence-corrected chi connectivity index (χ4v) is 3.13. The van der Waals surface area contributed by atoms with Gasteiger partial charge in [0.2, 0.25) is 0 Å². The zero-order chi connectivity index (χ0) is 13.7. The molecule has 0 saturated carbocycles. The molecule has 1 aromatic rings. The Kier molecular flexibility index (Phi) is 5.70. The molecule has 0 aliphatic carbocycles. The van der Waals surface area contributed by atoms with Gasteiger partial charge in [-0.1, -0.05) is 19.1 Å². The van der Waals surface area contributed by atoms with Gasteiger partial charge in [0.15, 0.2) is 0 Å². The molecule has 0 spiro atoms. The summed E-state index contributed by atoms with van der Waals surface area (Å²) >= 11 is 1.87. The van der Waals surface area contributed by atoms with E-state index in [1.54, 1.807) is 0 Å². The summed E-state index contributed by atoms with van der Waals surface area (Å²) in [6.45, 7) is 8.33. The van der Waals surface area contributed by atoms with Gasteiger partial charge in [-0.15, -0.1) is 11.8 Å². The smallest absolute Gasteiger partial charge is 0.0796 e. The summed E-state index contributed by atoms with van der Waals surface area (Å²) in [5, 5.41) is 0. The fraction of sp³-hybridized carbons (Fsp3) is 0.600. The maximum Gasteiger partial charge on any atom is 0.0796 e. The summed E-state index contributed by atoms with van der Waals surface area (Å²) in [5.41, 5.74) is 7.04. The number of nitrogens with two attached hydrogens (primary N) is 1. The Hall–Kier alpha value is -0.550. The van der Waals surface area contributed by atoms with Crippen LogP contribution in [-0.4, -0.2) is 43.0 Å². The molecular formula is C15H24N2OS. The molecule has 1 aromatic carbocycles. The maximum atomic E-state index is 5.85. The van der Waals surface area contributed by atoms with E-state index in [2.05, 4.69) is 36.1 Å². The SMILES string of the molecule is CCN1CCOC(CSc2ccc(C(C)N)cc2)C1. The summed E-state index contributed by atoms with van der Waals surface area (Å²) < 4.78 is 5.81. The zero-order valence-electron chi connectivity index (χ0n) is 11.8. The lowest BCUT2D eigenvalue weighted by atomic mass is 10.1. The van der Waals surface area contributed by atoms with Gasteiger partial charge >= 0.3 is 0 Å². The number of nitrogens with zero attached hydrogens (tertiary/aromatic N) is 1. The van der Waals surface area contributed by atoms with Crippen LogP contribution in [0.4, 0.5) is 0 Å². The predicted molar refractivity (Wildman–Crippen MR) is 81.6 cm³/mol. The van der Waals surface area contributed by atoms with Crippen LogP contribution in [0.5, 0.6) is 0 Å². The summed E-state index contributed by atoms with van der Waals surface area (Å²) in [6, 6.07) is 8.66. The molecule has 106 valence electrons. The second kappa shape index (κ2) is 7.29. The molecule has 3 nitrogen and oxygen atoms in total. The summed E-state index contributed by atoms with van der Waals surface area (Å²) in [7, 11) is 0. The average Bonchev–Trinajstić information content (AvgIpc) is 2.46. The average molecular weight is 280 g/mol. The van der Waals surface area contributed by atoms with Crippen molar-refractivity contribution in [3.8, 4) is 0 Å². The monoisotopic (exact) mass is 280 g/mol. The topological polar surface area (TPSA) is 38.5 Å². The Morgan fingerprint density at radius 1 is 1.42 bits per heavy atom. The first-order valence-corrected chi connectivity index (χ1v) is 8.00. The number of thioether (sulfide) groups is 1. The molecule has 0 aromatic heterocycles. The van der Waals surface area contributed by atoms with E-state index in [0.29, 0.717) is 6.10 Å². The minimum absolute atomic E-state index is 0.110. The first-order chi connectivity index (χ1) is 9.19. The van der Waals surface area contributed by atoms with Crippen LogP contribution in [0.25, 0.3) is 0 Å². The van der Waals surface area contributed by atoms with E-state index in [1.165, 1.54) is 10.5 Å². The molecule has 19 heavy (non-hydrogen) atoms. The van der Waals surface area contributed by atoms with Gasteiger partial charge in [-0.25, -0.2) is 0 Å². The summed E-state index contributed by atoms with van der Waals surface area (Å²) in [6.07, 6.45) is 0.354. The lowest BCUT2D eigenvalue weighted by molar-refractivity contribution is -0.0137. The van der Waals surface area contributed by atoms with Crippen LogP contribution >= 0.6 is 11.8 Å². The molecule has 1 aliphatic heterocycles. The van der Waals surface area contributed by atoms with Gasteiger partial charge in [0, 0.05) is 29.8 Å². The molecule has 0 radical (unpaired) electrons. The first-order valence-electron chi connectivity index (χ1n) is 7.01. The largest absolute Gasteiger partial charge is 0.375 e. The third-order valence-electron chi connectivity index (χ3n) is 3.51. The maximum absolute atomic E-state index is 5.85. The van der Waals surface area contributed by atoms with Crippen molar-refractivity contribution in [1.29, 1.82) is 0 Å². The molecule has 1 saturated heterocycles. The molecule has 4 heteroatoms. The Morgan fingerprint density at radius 3 is 2.79 bits per heavy atom. The zero-order valence-corrected chi connectivity index (χ0v) is 12.7. The third kappa shape index (κ3) is 4.49. The number of benzene rings is 1. The minimum atomic E-state index is 0.110. The van der Waals surface area contributed by atoms with Gasteiger partial charge in [0.1, 0.15) is 0 Å². The van der Waals surface area contributed by atoms with Crippen LogP contribution in [0.1, 0.15) is 25.5 Å². The second-order valence-electron chi connectivity index (χ2n) is 5.05. The molecule has 2 unspecified atom stereocenters. The van der Waals surface area contributed by atoms with Gasteiger partial charge in [-0.3, -0.25) is 4.90 Å². The highest BCUT2D eigenvalue weighted by molar-refractivity contribution is 7.99. The van der Waals surface area contributed by atoms with Gasteiger partial charge in [-0.05, 0) is 31.2 Å². The van der Waals surface area contributed by atoms with Crippen molar-refractivity contribution in [2.45, 2.75) is 30.9 Å². The van der Waals surface area contributed by atoms with E-state index in [-0.39, 0.29) is 6.04 Å². The quantitative estimate of drug-likeness (QED) is 0.841. The van der Waals surface area contributed by atoms with E-state index >= 15 is 0 Å². The summed E-state index contributed by atoms with van der Waals surface area (Å²) in [5.74, 6) is 1.02. The number of hydrogen-bond acceptors (Lipinski definition) is 4. The number of morpholine rings is 1. The predicted octanol–water partition coefficient (Wildman–Crippen LogP) is 2.52. The second-order valence-corrected chi connectivity index (χ2v) is 6.15. The molecular weight excluding hydrogens is 256 g/mol. The van der Waals surface area contributed by atoms with E-state index in [0.717, 1.165) is 32.0 Å². The van der Waals surface area contributed by atoms with Crippen molar-refractivity contribution in [3.05, 3.63) is 29.8 Å². The normalized spacial score (nSPS) is 22.4. The highest BCUT2D eigenvalue weighted by atomic mass is 32.2. The third-order valence-corrected chi connectivity index (χ3v) is 4.66. The van der Waals surface area contributed by atoms with E-state index in [9.17, 15) is 0 Å². The van der Waals surface area contributed by atoms with Gasteiger partial charge in [-0.2, -0.15) is 0 Å². The molecule has 1 heterocycles. The molecule has 1 aliphatic rings. The lowest BCUT2D eigenvalue weighted by Gasteiger charge is -2.31. The molecule has 2 rings (SSSR count). The number of ether oxygens (including phenoxy) is 1. The van der Waals surface area contributed by atoms with Crippen LogP contribution in [0.3, 0.4) is 0 Å². The minimum Gasteiger partial charge on any atom is -0.375 e. The van der Waals surface area contributed by atoms with Crippen LogP contribution < -0.4 is 5.73 Å². The van der Waals surface area contributed by atoms with Crippen molar-refractivity contribution in [2.24, 2.45) is 5.73 Å². The Labute approximate surface area is 120 Å². The Bertz CT molecular complexity index is 380. The molecule has 0 amide bonds. The van der Waals surface area contributed by atoms with Crippen LogP contribution in [0.2, 0.25) is 0 Å². The van der Waals surface area contributed by atoms with Crippen molar-refractivity contribution < 1.29 is 4.74 Å². The molecule has 0 bridgehead atoms. The molecule has 1 fully saturated rings. The van der Waals surface area contributed by atoms with Crippen LogP contribution in [0, 0.1) is 0 Å². The van der Waals surface area contributed by atoms with E-state index in [1.807, 2.05) is 18.7 Å². The van der Waals surface area contributed by atoms with E-state index in [4.69, 9.17) is 10.5 Å². The standard InChI is InChI=1S/C15H24N2OS/c1-3-17-8-9-18-14(10-17)11-19-15-6-4-13(5-7-15)12(2)16/h4-7,12,14H,3,8-11,16H2,1-2H3. The fourth-order valence-electron chi connectivity index (χ4n) is 2.23. The number of likely N-dealkylation sites (N-methyl/N-ethyl adjacent to an activating group) is 1. The Morgan fingerprint density at radius 2 is 2.16 bits per heavy atom. The highest BCUT2D eigenvalue weighted by Gasteiger charge is 2.19. The van der Waals surface area contributed by atoms with Crippen LogP contribution in [0.15, 0.2) is 29.2 Å². The number of hydrogen-bond donors (Lipinski definition) is 1. The van der Waals surface area contributed by atoms with Gasteiger partial charge in [0.25, 0.3) is 0 Å². The van der Waals surface area contributed by atoms with Crippen molar-refractivity contribution in [3.63, 3.8) is 0 Å². The highest BCUT2D eigenvalue weighted by Crippen LogP contribution is 2.22. The van der Waals surface area contributed by atoms with Crippen molar-refractivity contribution >= 4 is 11.8 Å². The van der Waals surface area contributed by atoms with Crippen molar-refractivity contribution in [1.82, 2.24) is 4.90 Å². The van der Waals surface area contributed by atoms with E-state index < -0.39 is 0 Å². The van der Waals surface area contributed by atoms with Crippen LogP contribution in [-0.2, 0) is 4.74 Å². The Balaban J connectivity index is 1.81.